The number of fused-ring (bicyclic) bond motifs is 1. The molecule has 0 radical (unpaired) electrons. The fourth-order valence-electron chi connectivity index (χ4n) is 4.64. The van der Waals surface area contributed by atoms with Crippen molar-refractivity contribution in [1.29, 1.82) is 0 Å². The summed E-state index contributed by atoms with van der Waals surface area (Å²) in [4.78, 5) is 22.5. The molecule has 6 heteroatoms. The van der Waals surface area contributed by atoms with E-state index in [0.29, 0.717) is 18.7 Å². The first kappa shape index (κ1) is 24.1. The molecule has 0 bridgehead atoms. The maximum atomic E-state index is 13.8. The summed E-state index contributed by atoms with van der Waals surface area (Å²) in [6.45, 7) is 11.1. The van der Waals surface area contributed by atoms with Crippen molar-refractivity contribution in [2.45, 2.75) is 53.2 Å². The van der Waals surface area contributed by atoms with Gasteiger partial charge in [0.15, 0.2) is 0 Å². The van der Waals surface area contributed by atoms with Crippen LogP contribution in [0.1, 0.15) is 55.4 Å². The Morgan fingerprint density at radius 2 is 2.03 bits per heavy atom. The van der Waals surface area contributed by atoms with Crippen molar-refractivity contribution in [2.75, 3.05) is 19.6 Å². The number of carbonyl (C=O) groups excluding carboxylic acids is 1. The number of nitrogens with zero attached hydrogens (tertiary/aromatic N) is 4. The van der Waals surface area contributed by atoms with Crippen LogP contribution in [0, 0.1) is 11.7 Å². The van der Waals surface area contributed by atoms with Gasteiger partial charge in [-0.15, -0.1) is 0 Å². The smallest absolute Gasteiger partial charge is 0.254 e. The lowest BCUT2D eigenvalue weighted by molar-refractivity contribution is 0.0715. The van der Waals surface area contributed by atoms with Crippen LogP contribution in [0.25, 0.3) is 11.0 Å². The highest BCUT2D eigenvalue weighted by molar-refractivity contribution is 5.94. The highest BCUT2D eigenvalue weighted by Crippen LogP contribution is 2.22. The number of benzene rings is 2. The minimum atomic E-state index is -0.398. The average Bonchev–Trinajstić information content (AvgIpc) is 3.15. The predicted molar refractivity (Wildman–Crippen MR) is 135 cm³/mol. The van der Waals surface area contributed by atoms with Crippen molar-refractivity contribution in [1.82, 2.24) is 19.4 Å². The van der Waals surface area contributed by atoms with Gasteiger partial charge in [0, 0.05) is 38.3 Å². The molecule has 1 aliphatic heterocycles. The van der Waals surface area contributed by atoms with Crippen LogP contribution in [-0.2, 0) is 19.6 Å². The summed E-state index contributed by atoms with van der Waals surface area (Å²) in [6.07, 6.45) is 6.55. The molecule has 2 aromatic carbocycles. The van der Waals surface area contributed by atoms with E-state index in [-0.39, 0.29) is 11.8 Å². The summed E-state index contributed by atoms with van der Waals surface area (Å²) in [7, 11) is 0. The van der Waals surface area contributed by atoms with E-state index in [4.69, 9.17) is 4.98 Å². The molecule has 0 atom stereocenters. The summed E-state index contributed by atoms with van der Waals surface area (Å²) in [5.41, 5.74) is 3.69. The molecular weight excluding hydrogens is 427 g/mol. The lowest BCUT2D eigenvalue weighted by Gasteiger charge is -2.25. The molecule has 0 N–H and O–H groups in total. The number of halogens is 1. The Morgan fingerprint density at radius 1 is 1.18 bits per heavy atom. The zero-order valence-corrected chi connectivity index (χ0v) is 20.5. The van der Waals surface area contributed by atoms with Crippen molar-refractivity contribution in [3.05, 3.63) is 77.4 Å². The molecule has 5 nitrogen and oxygen atoms in total. The van der Waals surface area contributed by atoms with Crippen molar-refractivity contribution in [2.24, 2.45) is 5.92 Å². The highest BCUT2D eigenvalue weighted by atomic mass is 19.1. The van der Waals surface area contributed by atoms with Gasteiger partial charge in [-0.25, -0.2) is 9.37 Å². The number of carbonyl (C=O) groups is 1. The van der Waals surface area contributed by atoms with Gasteiger partial charge in [-0.3, -0.25) is 9.69 Å². The summed E-state index contributed by atoms with van der Waals surface area (Å²) >= 11 is 0. The van der Waals surface area contributed by atoms with E-state index < -0.39 is 5.82 Å². The van der Waals surface area contributed by atoms with Crippen LogP contribution in [0.15, 0.2) is 54.6 Å². The first-order chi connectivity index (χ1) is 16.4. The largest absolute Gasteiger partial charge is 0.331 e. The van der Waals surface area contributed by atoms with Crippen LogP contribution in [0.2, 0.25) is 0 Å². The van der Waals surface area contributed by atoms with Crippen molar-refractivity contribution in [3.63, 3.8) is 0 Å². The summed E-state index contributed by atoms with van der Waals surface area (Å²) in [5, 5.41) is 0. The van der Waals surface area contributed by atoms with Gasteiger partial charge in [0.1, 0.15) is 11.6 Å². The maximum absolute atomic E-state index is 13.8. The second-order valence-electron chi connectivity index (χ2n) is 9.59. The Labute approximate surface area is 201 Å². The Morgan fingerprint density at radius 3 is 2.74 bits per heavy atom. The molecule has 4 rings (SSSR count). The van der Waals surface area contributed by atoms with Crippen LogP contribution in [0.5, 0.6) is 0 Å². The third kappa shape index (κ3) is 5.73. The molecule has 0 saturated carbocycles. The average molecular weight is 463 g/mol. The van der Waals surface area contributed by atoms with Crippen LogP contribution in [-0.4, -0.2) is 44.9 Å². The number of hydrogen-bond acceptors (Lipinski definition) is 3. The topological polar surface area (TPSA) is 41.4 Å². The molecular formula is C28H35FN4O. The molecule has 1 amide bonds. The first-order valence-corrected chi connectivity index (χ1v) is 12.3. The van der Waals surface area contributed by atoms with E-state index in [9.17, 15) is 9.18 Å². The fourth-order valence-corrected chi connectivity index (χ4v) is 4.64. The maximum Gasteiger partial charge on any atom is 0.254 e. The van der Waals surface area contributed by atoms with Gasteiger partial charge in [0.25, 0.3) is 5.91 Å². The molecule has 180 valence electrons. The van der Waals surface area contributed by atoms with Gasteiger partial charge < -0.3 is 9.47 Å². The third-order valence-corrected chi connectivity index (χ3v) is 6.16. The predicted octanol–water partition coefficient (Wildman–Crippen LogP) is 5.65. The van der Waals surface area contributed by atoms with Gasteiger partial charge in [-0.1, -0.05) is 45.1 Å². The Balaban J connectivity index is 1.63. The van der Waals surface area contributed by atoms with Crippen molar-refractivity contribution < 1.29 is 9.18 Å². The van der Waals surface area contributed by atoms with Gasteiger partial charge in [0.2, 0.25) is 0 Å². The minimum Gasteiger partial charge on any atom is -0.331 e. The fraction of sp³-hybridized carbons (Fsp3) is 0.429. The summed E-state index contributed by atoms with van der Waals surface area (Å²) in [5.74, 6) is 0.597. The Hall–Kier alpha value is -2.99. The van der Waals surface area contributed by atoms with Crippen molar-refractivity contribution in [3.8, 4) is 0 Å². The zero-order chi connectivity index (χ0) is 24.1. The number of hydrogen-bond donors (Lipinski definition) is 0. The highest BCUT2D eigenvalue weighted by Gasteiger charge is 2.21. The molecule has 0 spiro atoms. The molecule has 0 saturated heterocycles. The number of imidazole rings is 1. The number of aromatic nitrogens is 2. The second-order valence-corrected chi connectivity index (χ2v) is 9.59. The van der Waals surface area contributed by atoms with E-state index in [2.05, 4.69) is 60.6 Å². The molecule has 0 unspecified atom stereocenters. The summed E-state index contributed by atoms with van der Waals surface area (Å²) < 4.78 is 16.0. The lowest BCUT2D eigenvalue weighted by Crippen LogP contribution is -2.34. The molecule has 2 heterocycles. The molecule has 0 aliphatic carbocycles. The van der Waals surface area contributed by atoms with Gasteiger partial charge in [0.05, 0.1) is 17.6 Å². The van der Waals surface area contributed by atoms with E-state index in [1.165, 1.54) is 17.7 Å². The van der Waals surface area contributed by atoms with Crippen LogP contribution >= 0.6 is 0 Å². The monoisotopic (exact) mass is 462 g/mol. The SMILES string of the molecule is CCCn1c(CN(CC(C)C)C(=O)c2cccc(F)c2)nc2cc(CN3CC=CCC3)ccc21. The standard InChI is InChI=1S/C28H35FN4O/c1-4-13-33-26-12-11-22(19-31-14-6-5-7-15-31)16-25(26)30-27(33)20-32(18-21(2)3)28(34)23-9-8-10-24(29)17-23/h5-6,8-12,16-17,21H,4,7,13-15,18-20H2,1-3H3. The minimum absolute atomic E-state index is 0.165. The van der Waals surface area contributed by atoms with E-state index in [0.717, 1.165) is 55.9 Å². The van der Waals surface area contributed by atoms with E-state index in [1.54, 1.807) is 17.0 Å². The third-order valence-electron chi connectivity index (χ3n) is 6.16. The van der Waals surface area contributed by atoms with Gasteiger partial charge in [-0.2, -0.15) is 0 Å². The normalized spacial score (nSPS) is 14.3. The van der Waals surface area contributed by atoms with Crippen LogP contribution < -0.4 is 0 Å². The van der Waals surface area contributed by atoms with E-state index >= 15 is 0 Å². The number of amides is 1. The van der Waals surface area contributed by atoms with Gasteiger partial charge in [-0.05, 0) is 54.7 Å². The van der Waals surface area contributed by atoms with E-state index in [1.807, 2.05) is 0 Å². The number of rotatable bonds is 9. The quantitative estimate of drug-likeness (QED) is 0.386. The molecule has 1 aliphatic rings. The van der Waals surface area contributed by atoms with Crippen molar-refractivity contribution >= 4 is 16.9 Å². The lowest BCUT2D eigenvalue weighted by atomic mass is 10.1. The Kier molecular flexibility index (Phi) is 7.78. The summed E-state index contributed by atoms with van der Waals surface area (Å²) in [6, 6.07) is 12.5. The number of aryl methyl sites for hydroxylation is 1. The molecule has 1 aromatic heterocycles. The van der Waals surface area contributed by atoms with Gasteiger partial charge >= 0.3 is 0 Å². The van der Waals surface area contributed by atoms with Crippen LogP contribution in [0.4, 0.5) is 4.39 Å². The molecule has 0 fully saturated rings. The Bertz CT molecular complexity index is 1170. The second kappa shape index (κ2) is 11.0. The zero-order valence-electron chi connectivity index (χ0n) is 20.5. The molecule has 3 aromatic rings. The first-order valence-electron chi connectivity index (χ1n) is 12.3. The van der Waals surface area contributed by atoms with Crippen LogP contribution in [0.3, 0.4) is 0 Å². The molecule has 34 heavy (non-hydrogen) atoms.